The minimum absolute atomic E-state index is 0.233. The Hall–Kier alpha value is -1.68. The number of hydrogen-bond acceptors (Lipinski definition) is 4. The largest absolute Gasteiger partial charge is 0.294 e. The van der Waals surface area contributed by atoms with Crippen LogP contribution in [0.1, 0.15) is 23.2 Å². The van der Waals surface area contributed by atoms with Crippen molar-refractivity contribution in [1.29, 1.82) is 0 Å². The zero-order chi connectivity index (χ0) is 13.0. The maximum atomic E-state index is 10.8. The average molecular weight is 258 g/mol. The highest BCUT2D eigenvalue weighted by atomic mass is 32.2. The van der Waals surface area contributed by atoms with Gasteiger partial charge in [-0.15, -0.1) is 11.8 Å². The fraction of sp³-hybridized carbons (Fsp3) is 0.214. The lowest BCUT2D eigenvalue weighted by atomic mass is 10.1. The smallest absolute Gasteiger partial charge is 0.193 e. The maximum Gasteiger partial charge on any atom is 0.193 e. The lowest BCUT2D eigenvalue weighted by molar-refractivity contribution is 0.111. The van der Waals surface area contributed by atoms with Crippen molar-refractivity contribution >= 4 is 18.0 Å². The third-order valence-electron chi connectivity index (χ3n) is 2.44. The molecule has 92 valence electrons. The van der Waals surface area contributed by atoms with Crippen LogP contribution in [-0.2, 0) is 0 Å². The van der Waals surface area contributed by atoms with Gasteiger partial charge in [-0.25, -0.2) is 9.97 Å². The Morgan fingerprint density at radius 1 is 1.22 bits per heavy atom. The number of aromatic nitrogens is 2. The number of carbonyl (C=O) groups excluding carboxylic acids is 1. The first-order valence-corrected chi connectivity index (χ1v) is 6.75. The normalized spacial score (nSPS) is 10.3. The van der Waals surface area contributed by atoms with Gasteiger partial charge in [0, 0.05) is 16.2 Å². The monoisotopic (exact) mass is 258 g/mol. The fourth-order valence-corrected chi connectivity index (χ4v) is 2.34. The SMILES string of the molecule is CCSc1ccc(-c2cc(C)nc(C=O)n2)cc1. The van der Waals surface area contributed by atoms with E-state index in [4.69, 9.17) is 0 Å². The molecule has 1 heterocycles. The molecular formula is C14H14N2OS. The molecule has 1 aromatic heterocycles. The third-order valence-corrected chi connectivity index (χ3v) is 3.33. The Morgan fingerprint density at radius 2 is 1.94 bits per heavy atom. The molecule has 2 rings (SSSR count). The first-order chi connectivity index (χ1) is 8.72. The molecule has 18 heavy (non-hydrogen) atoms. The highest BCUT2D eigenvalue weighted by Crippen LogP contribution is 2.23. The Morgan fingerprint density at radius 3 is 2.56 bits per heavy atom. The molecule has 0 amide bonds. The minimum Gasteiger partial charge on any atom is -0.294 e. The van der Waals surface area contributed by atoms with E-state index in [0.29, 0.717) is 6.29 Å². The molecule has 0 saturated heterocycles. The molecule has 0 aliphatic rings. The maximum absolute atomic E-state index is 10.8. The van der Waals surface area contributed by atoms with Gasteiger partial charge in [0.05, 0.1) is 5.69 Å². The molecule has 0 aliphatic heterocycles. The second-order valence-electron chi connectivity index (χ2n) is 3.83. The summed E-state index contributed by atoms with van der Waals surface area (Å²) in [7, 11) is 0. The second-order valence-corrected chi connectivity index (χ2v) is 5.17. The van der Waals surface area contributed by atoms with Crippen molar-refractivity contribution in [1.82, 2.24) is 9.97 Å². The Bertz CT molecular complexity index is 552. The van der Waals surface area contributed by atoms with Crippen molar-refractivity contribution < 1.29 is 4.79 Å². The van der Waals surface area contributed by atoms with Gasteiger partial charge in [0.25, 0.3) is 0 Å². The molecule has 0 bridgehead atoms. The molecule has 0 atom stereocenters. The molecule has 3 nitrogen and oxygen atoms in total. The molecule has 0 aliphatic carbocycles. The number of benzene rings is 1. The van der Waals surface area contributed by atoms with Gasteiger partial charge in [0.15, 0.2) is 12.1 Å². The molecule has 0 radical (unpaired) electrons. The first-order valence-electron chi connectivity index (χ1n) is 5.77. The van der Waals surface area contributed by atoms with Crippen molar-refractivity contribution in [3.05, 3.63) is 41.9 Å². The van der Waals surface area contributed by atoms with E-state index in [1.165, 1.54) is 4.90 Å². The van der Waals surface area contributed by atoms with E-state index in [1.807, 2.05) is 25.1 Å². The van der Waals surface area contributed by atoms with E-state index in [1.54, 1.807) is 11.8 Å². The number of nitrogens with zero attached hydrogens (tertiary/aromatic N) is 2. The topological polar surface area (TPSA) is 42.9 Å². The van der Waals surface area contributed by atoms with Crippen LogP contribution in [0.5, 0.6) is 0 Å². The van der Waals surface area contributed by atoms with Crippen molar-refractivity contribution in [2.45, 2.75) is 18.7 Å². The number of rotatable bonds is 4. The van der Waals surface area contributed by atoms with Crippen molar-refractivity contribution in [2.75, 3.05) is 5.75 Å². The van der Waals surface area contributed by atoms with E-state index in [-0.39, 0.29) is 5.82 Å². The van der Waals surface area contributed by atoms with Gasteiger partial charge in [-0.3, -0.25) is 4.79 Å². The highest BCUT2D eigenvalue weighted by Gasteiger charge is 2.04. The molecule has 0 saturated carbocycles. The van der Waals surface area contributed by atoms with E-state index in [9.17, 15) is 4.79 Å². The third kappa shape index (κ3) is 2.96. The zero-order valence-electron chi connectivity index (χ0n) is 10.4. The minimum atomic E-state index is 0.233. The van der Waals surface area contributed by atoms with Crippen LogP contribution in [0.15, 0.2) is 35.2 Å². The van der Waals surface area contributed by atoms with Gasteiger partial charge in [-0.05, 0) is 30.9 Å². The van der Waals surface area contributed by atoms with Crippen molar-refractivity contribution in [2.24, 2.45) is 0 Å². The van der Waals surface area contributed by atoms with Crippen LogP contribution in [0.3, 0.4) is 0 Å². The van der Waals surface area contributed by atoms with Crippen molar-refractivity contribution in [3.8, 4) is 11.3 Å². The summed E-state index contributed by atoms with van der Waals surface area (Å²) in [5.74, 6) is 1.29. The summed E-state index contributed by atoms with van der Waals surface area (Å²) in [6.45, 7) is 3.99. The van der Waals surface area contributed by atoms with Gasteiger partial charge in [-0.2, -0.15) is 0 Å². The lowest BCUT2D eigenvalue weighted by Crippen LogP contribution is -1.97. The summed E-state index contributed by atoms with van der Waals surface area (Å²) in [4.78, 5) is 20.2. The van der Waals surface area contributed by atoms with Gasteiger partial charge in [-0.1, -0.05) is 19.1 Å². The predicted octanol–water partition coefficient (Wildman–Crippen LogP) is 3.38. The summed E-state index contributed by atoms with van der Waals surface area (Å²) >= 11 is 1.80. The van der Waals surface area contributed by atoms with Crippen LogP contribution < -0.4 is 0 Å². The molecule has 1 aromatic carbocycles. The number of aldehydes is 1. The first kappa shape index (κ1) is 12.8. The van der Waals surface area contributed by atoms with E-state index in [2.05, 4.69) is 29.0 Å². The van der Waals surface area contributed by atoms with E-state index in [0.717, 1.165) is 22.7 Å². The van der Waals surface area contributed by atoms with E-state index < -0.39 is 0 Å². The van der Waals surface area contributed by atoms with Gasteiger partial charge in [0.2, 0.25) is 0 Å². The number of hydrogen-bond donors (Lipinski definition) is 0. The Balaban J connectivity index is 2.35. The fourth-order valence-electron chi connectivity index (χ4n) is 1.68. The van der Waals surface area contributed by atoms with Crippen LogP contribution in [-0.4, -0.2) is 22.0 Å². The zero-order valence-corrected chi connectivity index (χ0v) is 11.2. The number of thioether (sulfide) groups is 1. The summed E-state index contributed by atoms with van der Waals surface area (Å²) < 4.78 is 0. The molecule has 0 unspecified atom stereocenters. The van der Waals surface area contributed by atoms with Crippen LogP contribution in [0.25, 0.3) is 11.3 Å². The predicted molar refractivity (Wildman–Crippen MR) is 74.0 cm³/mol. The molecule has 0 N–H and O–H groups in total. The highest BCUT2D eigenvalue weighted by molar-refractivity contribution is 7.99. The van der Waals surface area contributed by atoms with E-state index >= 15 is 0 Å². The van der Waals surface area contributed by atoms with Gasteiger partial charge < -0.3 is 0 Å². The van der Waals surface area contributed by atoms with Gasteiger partial charge >= 0.3 is 0 Å². The summed E-state index contributed by atoms with van der Waals surface area (Å²) in [5, 5.41) is 0. The molecule has 4 heteroatoms. The standard InChI is InChI=1S/C14H14N2OS/c1-3-18-12-6-4-11(5-7-12)13-8-10(2)15-14(9-17)16-13/h4-9H,3H2,1-2H3. The van der Waals surface area contributed by atoms with Crippen LogP contribution in [0.4, 0.5) is 0 Å². The van der Waals surface area contributed by atoms with Crippen molar-refractivity contribution in [3.63, 3.8) is 0 Å². The molecule has 2 aromatic rings. The summed E-state index contributed by atoms with van der Waals surface area (Å²) in [6.07, 6.45) is 0.678. The average Bonchev–Trinajstić information content (AvgIpc) is 2.39. The summed E-state index contributed by atoms with van der Waals surface area (Å²) in [5.41, 5.74) is 2.59. The van der Waals surface area contributed by atoms with Gasteiger partial charge in [0.1, 0.15) is 0 Å². The van der Waals surface area contributed by atoms with Crippen LogP contribution in [0, 0.1) is 6.92 Å². The Kier molecular flexibility index (Phi) is 4.10. The lowest BCUT2D eigenvalue weighted by Gasteiger charge is -2.04. The number of aryl methyl sites for hydroxylation is 1. The molecular weight excluding hydrogens is 244 g/mol. The molecule has 0 fully saturated rings. The van der Waals surface area contributed by atoms with Crippen LogP contribution >= 0.6 is 11.8 Å². The molecule has 0 spiro atoms. The second kappa shape index (κ2) is 5.78. The Labute approximate surface area is 111 Å². The quantitative estimate of drug-likeness (QED) is 0.623. The summed E-state index contributed by atoms with van der Waals surface area (Å²) in [6, 6.07) is 10.1. The number of carbonyl (C=O) groups is 1. The van der Waals surface area contributed by atoms with Crippen LogP contribution in [0.2, 0.25) is 0 Å².